The summed E-state index contributed by atoms with van der Waals surface area (Å²) in [5, 5.41) is 0.430. The lowest BCUT2D eigenvalue weighted by Gasteiger charge is -2.09. The first-order valence-corrected chi connectivity index (χ1v) is 7.87. The highest BCUT2D eigenvalue weighted by molar-refractivity contribution is 7.78. The van der Waals surface area contributed by atoms with Crippen LogP contribution < -0.4 is 14.9 Å². The van der Waals surface area contributed by atoms with Crippen molar-refractivity contribution in [3.8, 4) is 11.5 Å². The largest absolute Gasteiger partial charge is 0.465 e. The number of rotatable bonds is 5. The van der Waals surface area contributed by atoms with E-state index in [9.17, 15) is 9.59 Å². The van der Waals surface area contributed by atoms with Crippen LogP contribution in [0, 0.1) is 0 Å². The molecule has 1 aromatic heterocycles. The third-order valence-electron chi connectivity index (χ3n) is 3.49. The smallest absolute Gasteiger partial charge is 0.337 e. The highest BCUT2D eigenvalue weighted by Crippen LogP contribution is 2.32. The van der Waals surface area contributed by atoms with Crippen LogP contribution >= 0.6 is 24.4 Å². The van der Waals surface area contributed by atoms with Crippen LogP contribution in [0.2, 0.25) is 0 Å². The Hall–Kier alpha value is -2.84. The summed E-state index contributed by atoms with van der Waals surface area (Å²) in [6.07, 6.45) is 0. The molecule has 8 heteroatoms. The van der Waals surface area contributed by atoms with Crippen LogP contribution in [0.5, 0.6) is 11.5 Å². The van der Waals surface area contributed by atoms with Crippen molar-refractivity contribution in [3.63, 3.8) is 0 Å². The van der Waals surface area contributed by atoms with E-state index < -0.39 is 5.97 Å². The summed E-state index contributed by atoms with van der Waals surface area (Å²) in [5.74, 6) is -0.0376. The molecule has 1 heterocycles. The molecule has 0 atom stereocenters. The van der Waals surface area contributed by atoms with E-state index in [2.05, 4.69) is 17.0 Å². The summed E-state index contributed by atoms with van der Waals surface area (Å²) in [6.45, 7) is 0. The van der Waals surface area contributed by atoms with Crippen LogP contribution in [0.3, 0.4) is 0 Å². The zero-order valence-corrected chi connectivity index (χ0v) is 14.4. The first-order chi connectivity index (χ1) is 12.1. The summed E-state index contributed by atoms with van der Waals surface area (Å²) in [7, 11) is 1.26. The standard InChI is InChI=1S/C17H10O6S2/c1-20-17(19)9-2-3-13-11(4-9)15(18)12-5-10(21-7-24)6-14(22-8-25)16(12)23-13/h2-8H,1H3. The summed E-state index contributed by atoms with van der Waals surface area (Å²) in [6, 6.07) is 7.42. The number of ether oxygens (including phenoxy) is 3. The molecule has 0 radical (unpaired) electrons. The molecule has 0 amide bonds. The van der Waals surface area contributed by atoms with Crippen molar-refractivity contribution in [1.82, 2.24) is 0 Å². The van der Waals surface area contributed by atoms with Gasteiger partial charge < -0.3 is 18.6 Å². The summed E-state index contributed by atoms with van der Waals surface area (Å²) in [5.41, 5.74) is 2.49. The minimum atomic E-state index is -0.552. The van der Waals surface area contributed by atoms with Gasteiger partial charge in [-0.05, 0) is 48.7 Å². The molecular weight excluding hydrogens is 364 g/mol. The van der Waals surface area contributed by atoms with Gasteiger partial charge in [-0.15, -0.1) is 0 Å². The molecule has 0 saturated carbocycles. The van der Waals surface area contributed by atoms with Crippen molar-refractivity contribution in [3.05, 3.63) is 46.1 Å². The van der Waals surface area contributed by atoms with Crippen LogP contribution in [0.15, 0.2) is 39.5 Å². The first kappa shape index (κ1) is 17.0. The van der Waals surface area contributed by atoms with Crippen molar-refractivity contribution in [2.45, 2.75) is 0 Å². The number of thiocarbonyl (C=S) groups is 2. The molecule has 0 aliphatic heterocycles. The lowest BCUT2D eigenvalue weighted by Crippen LogP contribution is -2.07. The number of hydrogen-bond donors (Lipinski definition) is 0. The predicted molar refractivity (Wildman–Crippen MR) is 99.9 cm³/mol. The number of benzene rings is 2. The van der Waals surface area contributed by atoms with Crippen LogP contribution in [-0.4, -0.2) is 24.2 Å². The fourth-order valence-electron chi connectivity index (χ4n) is 2.41. The zero-order chi connectivity index (χ0) is 18.0. The second kappa shape index (κ2) is 6.96. The third kappa shape index (κ3) is 3.09. The van der Waals surface area contributed by atoms with E-state index >= 15 is 0 Å². The lowest BCUT2D eigenvalue weighted by atomic mass is 10.1. The van der Waals surface area contributed by atoms with Crippen LogP contribution in [-0.2, 0) is 4.74 Å². The van der Waals surface area contributed by atoms with E-state index in [1.807, 2.05) is 0 Å². The van der Waals surface area contributed by atoms with Gasteiger partial charge in [0.05, 0.1) is 23.4 Å². The molecule has 3 rings (SSSR count). The average Bonchev–Trinajstić information content (AvgIpc) is 2.62. The van der Waals surface area contributed by atoms with Gasteiger partial charge in [0.1, 0.15) is 11.3 Å². The highest BCUT2D eigenvalue weighted by atomic mass is 32.1. The van der Waals surface area contributed by atoms with Gasteiger partial charge in [0.2, 0.25) is 5.43 Å². The Balaban J connectivity index is 2.37. The maximum atomic E-state index is 12.9. The molecule has 0 bridgehead atoms. The Morgan fingerprint density at radius 3 is 2.52 bits per heavy atom. The number of hydrogen-bond acceptors (Lipinski definition) is 8. The maximum Gasteiger partial charge on any atom is 0.337 e. The van der Waals surface area contributed by atoms with Crippen molar-refractivity contribution in [2.24, 2.45) is 0 Å². The topological polar surface area (TPSA) is 75.0 Å². The minimum Gasteiger partial charge on any atom is -0.465 e. The van der Waals surface area contributed by atoms with Crippen molar-refractivity contribution in [2.75, 3.05) is 7.11 Å². The molecular formula is C17H10O6S2. The quantitative estimate of drug-likeness (QED) is 0.382. The van der Waals surface area contributed by atoms with Gasteiger partial charge in [0, 0.05) is 6.07 Å². The fourth-order valence-corrected chi connectivity index (χ4v) is 2.62. The van der Waals surface area contributed by atoms with E-state index in [4.69, 9.17) is 26.1 Å². The average molecular weight is 374 g/mol. The summed E-state index contributed by atoms with van der Waals surface area (Å²) < 4.78 is 20.8. The van der Waals surface area contributed by atoms with E-state index in [-0.39, 0.29) is 33.1 Å². The predicted octanol–water partition coefficient (Wildman–Crippen LogP) is 3.40. The molecule has 126 valence electrons. The molecule has 0 fully saturated rings. The van der Waals surface area contributed by atoms with Gasteiger partial charge in [0.15, 0.2) is 22.4 Å². The second-order valence-corrected chi connectivity index (χ2v) is 5.24. The normalized spacial score (nSPS) is 10.4. The van der Waals surface area contributed by atoms with E-state index in [1.54, 1.807) is 0 Å². The Morgan fingerprint density at radius 1 is 1.08 bits per heavy atom. The Kier molecular flexibility index (Phi) is 4.73. The fraction of sp³-hybridized carbons (Fsp3) is 0.0588. The number of carbonyl (C=O) groups excluding carboxylic acids is 1. The zero-order valence-electron chi connectivity index (χ0n) is 12.8. The molecule has 0 N–H and O–H groups in total. The summed E-state index contributed by atoms with van der Waals surface area (Å²) in [4.78, 5) is 24.6. The molecule has 0 unspecified atom stereocenters. The molecule has 6 nitrogen and oxygen atoms in total. The van der Waals surface area contributed by atoms with Gasteiger partial charge in [-0.2, -0.15) is 0 Å². The minimum absolute atomic E-state index is 0.204. The summed E-state index contributed by atoms with van der Waals surface area (Å²) >= 11 is 9.37. The number of esters is 1. The molecule has 0 saturated heterocycles. The van der Waals surface area contributed by atoms with Gasteiger partial charge in [0.25, 0.3) is 0 Å². The molecule has 25 heavy (non-hydrogen) atoms. The van der Waals surface area contributed by atoms with Crippen LogP contribution in [0.1, 0.15) is 10.4 Å². The monoisotopic (exact) mass is 374 g/mol. The Bertz CT molecular complexity index is 1070. The third-order valence-corrected chi connectivity index (χ3v) is 3.68. The second-order valence-electron chi connectivity index (χ2n) is 4.86. The number of methoxy groups -OCH3 is 1. The maximum absolute atomic E-state index is 12.9. The lowest BCUT2D eigenvalue weighted by molar-refractivity contribution is 0.0601. The molecule has 2 aromatic carbocycles. The van der Waals surface area contributed by atoms with Crippen molar-refractivity contribution in [1.29, 1.82) is 0 Å². The van der Waals surface area contributed by atoms with Gasteiger partial charge in [-0.25, -0.2) is 4.79 Å². The van der Waals surface area contributed by atoms with E-state index in [0.29, 0.717) is 11.3 Å². The first-order valence-electron chi connectivity index (χ1n) is 6.92. The van der Waals surface area contributed by atoms with Crippen molar-refractivity contribution < 1.29 is 23.4 Å². The van der Waals surface area contributed by atoms with Gasteiger partial charge >= 0.3 is 5.97 Å². The van der Waals surface area contributed by atoms with Crippen LogP contribution in [0.4, 0.5) is 0 Å². The number of fused-ring (bicyclic) bond motifs is 2. The van der Waals surface area contributed by atoms with Crippen molar-refractivity contribution >= 4 is 63.5 Å². The van der Waals surface area contributed by atoms with Crippen LogP contribution in [0.25, 0.3) is 21.9 Å². The van der Waals surface area contributed by atoms with Gasteiger partial charge in [-0.1, -0.05) is 0 Å². The molecule has 0 spiro atoms. The molecule has 0 aliphatic rings. The molecule has 0 aliphatic carbocycles. The SMILES string of the molecule is COC(=O)c1ccc2oc3c(OC=S)cc(OC=S)cc3c(=O)c2c1. The highest BCUT2D eigenvalue weighted by Gasteiger charge is 2.16. The molecule has 3 aromatic rings. The van der Waals surface area contributed by atoms with E-state index in [0.717, 1.165) is 11.1 Å². The Morgan fingerprint density at radius 2 is 1.84 bits per heavy atom. The van der Waals surface area contributed by atoms with E-state index in [1.165, 1.54) is 37.4 Å². The number of carbonyl (C=O) groups is 1. The Labute approximate surface area is 151 Å². The van der Waals surface area contributed by atoms with Gasteiger partial charge in [-0.3, -0.25) is 4.79 Å².